The second-order valence-corrected chi connectivity index (χ2v) is 5.45. The molecule has 7 nitrogen and oxygen atoms in total. The van der Waals surface area contributed by atoms with E-state index in [-0.39, 0.29) is 5.69 Å². The molecule has 0 fully saturated rings. The number of carbonyl (C=O) groups excluding carboxylic acids is 2. The van der Waals surface area contributed by atoms with Crippen LogP contribution in [0.25, 0.3) is 0 Å². The lowest BCUT2D eigenvalue weighted by Gasteiger charge is -2.14. The van der Waals surface area contributed by atoms with Gasteiger partial charge >= 0.3 is 11.7 Å². The van der Waals surface area contributed by atoms with Crippen molar-refractivity contribution in [3.05, 3.63) is 70.0 Å². The number of ether oxygens (including phenoxy) is 1. The van der Waals surface area contributed by atoms with E-state index in [2.05, 4.69) is 5.32 Å². The lowest BCUT2D eigenvalue weighted by molar-refractivity contribution is -0.387. The zero-order valence-corrected chi connectivity index (χ0v) is 14.0. The molecule has 2 rings (SSSR count). The molecule has 0 aliphatic carbocycles. The minimum Gasteiger partial charge on any atom is -0.455 e. The van der Waals surface area contributed by atoms with Crippen molar-refractivity contribution in [3.8, 4) is 0 Å². The summed E-state index contributed by atoms with van der Waals surface area (Å²) in [6.07, 6.45) is 0.509. The largest absolute Gasteiger partial charge is 0.455 e. The lowest BCUT2D eigenvalue weighted by atomic mass is 9.97. The first-order valence-electron chi connectivity index (χ1n) is 7.87. The highest BCUT2D eigenvalue weighted by Crippen LogP contribution is 2.22. The highest BCUT2D eigenvalue weighted by molar-refractivity contribution is 5.93. The van der Waals surface area contributed by atoms with E-state index in [0.29, 0.717) is 6.42 Å². The van der Waals surface area contributed by atoms with Gasteiger partial charge in [-0.25, -0.2) is 0 Å². The van der Waals surface area contributed by atoms with Gasteiger partial charge in [-0.2, -0.15) is 4.39 Å². The van der Waals surface area contributed by atoms with Crippen molar-refractivity contribution in [2.45, 2.75) is 19.3 Å². The summed E-state index contributed by atoms with van der Waals surface area (Å²) in [6, 6.07) is 12.0. The van der Waals surface area contributed by atoms with Gasteiger partial charge in [0.15, 0.2) is 6.61 Å². The molecule has 2 aromatic rings. The first-order chi connectivity index (χ1) is 12.4. The normalized spacial score (nSPS) is 11.5. The topological polar surface area (TPSA) is 98.5 Å². The molecule has 0 saturated carbocycles. The predicted octanol–water partition coefficient (Wildman–Crippen LogP) is 3.41. The number of esters is 1. The Bertz CT molecular complexity index is 810. The van der Waals surface area contributed by atoms with E-state index >= 15 is 0 Å². The average Bonchev–Trinajstić information content (AvgIpc) is 2.63. The third kappa shape index (κ3) is 4.85. The molecule has 0 heterocycles. The molecule has 0 saturated heterocycles. The Hall–Kier alpha value is -3.29. The molecular formula is C18H17FN2O5. The molecule has 2 aromatic carbocycles. The molecule has 1 N–H and O–H groups in total. The number of nitro benzene ring substituents is 1. The van der Waals surface area contributed by atoms with Gasteiger partial charge in [0.2, 0.25) is 5.82 Å². The zero-order valence-electron chi connectivity index (χ0n) is 14.0. The second kappa shape index (κ2) is 8.70. The number of nitrogens with one attached hydrogen (secondary N) is 1. The Labute approximate surface area is 148 Å². The molecule has 0 radical (unpaired) electrons. The maximum absolute atomic E-state index is 13.3. The highest BCUT2D eigenvalue weighted by atomic mass is 19.1. The maximum Gasteiger partial charge on any atom is 0.313 e. The third-order valence-electron chi connectivity index (χ3n) is 3.67. The molecule has 8 heteroatoms. The van der Waals surface area contributed by atoms with Crippen molar-refractivity contribution < 1.29 is 23.6 Å². The van der Waals surface area contributed by atoms with E-state index in [1.807, 2.05) is 13.0 Å². The SMILES string of the molecule is CC[C@@H](C(=O)OCC(=O)Nc1ccc(F)c([N+](=O)[O-])c1)c1ccccc1. The van der Waals surface area contributed by atoms with Crippen molar-refractivity contribution in [2.24, 2.45) is 0 Å². The number of anilines is 1. The summed E-state index contributed by atoms with van der Waals surface area (Å²) in [5.74, 6) is -2.72. The second-order valence-electron chi connectivity index (χ2n) is 5.45. The molecule has 1 amide bonds. The number of amides is 1. The van der Waals surface area contributed by atoms with E-state index in [1.165, 1.54) is 6.07 Å². The van der Waals surface area contributed by atoms with Crippen LogP contribution in [-0.4, -0.2) is 23.4 Å². The standard InChI is InChI=1S/C18H17FN2O5/c1-2-14(12-6-4-3-5-7-12)18(23)26-11-17(22)20-13-8-9-15(19)16(10-13)21(24)25/h3-10,14H,2,11H2,1H3,(H,20,22)/t14-/m1/s1. The molecule has 0 bridgehead atoms. The van der Waals surface area contributed by atoms with Gasteiger partial charge in [0, 0.05) is 11.8 Å². The van der Waals surface area contributed by atoms with Crippen LogP contribution in [0.1, 0.15) is 24.8 Å². The molecule has 0 unspecified atom stereocenters. The van der Waals surface area contributed by atoms with Crippen molar-refractivity contribution in [1.29, 1.82) is 0 Å². The van der Waals surface area contributed by atoms with Crippen molar-refractivity contribution >= 4 is 23.3 Å². The number of hydrogen-bond acceptors (Lipinski definition) is 5. The molecule has 0 aliphatic rings. The summed E-state index contributed by atoms with van der Waals surface area (Å²) in [4.78, 5) is 33.9. The lowest BCUT2D eigenvalue weighted by Crippen LogP contribution is -2.24. The first kappa shape index (κ1) is 19.0. The molecular weight excluding hydrogens is 343 g/mol. The highest BCUT2D eigenvalue weighted by Gasteiger charge is 2.21. The van der Waals surface area contributed by atoms with Crippen LogP contribution in [0, 0.1) is 15.9 Å². The minimum atomic E-state index is -1.01. The van der Waals surface area contributed by atoms with E-state index in [9.17, 15) is 24.1 Å². The Morgan fingerprint density at radius 3 is 2.54 bits per heavy atom. The van der Waals surface area contributed by atoms with Gasteiger partial charge in [-0.1, -0.05) is 37.3 Å². The summed E-state index contributed by atoms with van der Waals surface area (Å²) in [7, 11) is 0. The van der Waals surface area contributed by atoms with Gasteiger partial charge < -0.3 is 10.1 Å². The average molecular weight is 360 g/mol. The van der Waals surface area contributed by atoms with Crippen molar-refractivity contribution in [2.75, 3.05) is 11.9 Å². The number of carbonyl (C=O) groups is 2. The summed E-state index contributed by atoms with van der Waals surface area (Å²) >= 11 is 0. The fourth-order valence-corrected chi connectivity index (χ4v) is 2.39. The number of hydrogen-bond donors (Lipinski definition) is 1. The Morgan fingerprint density at radius 1 is 1.23 bits per heavy atom. The quantitative estimate of drug-likeness (QED) is 0.463. The van der Waals surface area contributed by atoms with Crippen molar-refractivity contribution in [3.63, 3.8) is 0 Å². The number of benzene rings is 2. The molecule has 1 atom stereocenters. The summed E-state index contributed by atoms with van der Waals surface area (Å²) < 4.78 is 18.3. The Morgan fingerprint density at radius 2 is 1.92 bits per heavy atom. The van der Waals surface area contributed by atoms with Crippen LogP contribution in [0.15, 0.2) is 48.5 Å². The van der Waals surface area contributed by atoms with Crippen LogP contribution in [0.2, 0.25) is 0 Å². The smallest absolute Gasteiger partial charge is 0.313 e. The third-order valence-corrected chi connectivity index (χ3v) is 3.67. The molecule has 0 spiro atoms. The van der Waals surface area contributed by atoms with Crippen LogP contribution in [-0.2, 0) is 14.3 Å². The molecule has 26 heavy (non-hydrogen) atoms. The Kier molecular flexibility index (Phi) is 6.37. The first-order valence-corrected chi connectivity index (χ1v) is 7.87. The molecule has 0 aliphatic heterocycles. The van der Waals surface area contributed by atoms with Crippen LogP contribution in [0.5, 0.6) is 0 Å². The number of halogens is 1. The zero-order chi connectivity index (χ0) is 19.1. The van der Waals surface area contributed by atoms with Gasteiger partial charge in [0.1, 0.15) is 0 Å². The fraction of sp³-hybridized carbons (Fsp3) is 0.222. The van der Waals surface area contributed by atoms with Gasteiger partial charge in [-0.05, 0) is 24.1 Å². The Balaban J connectivity index is 1.95. The molecule has 136 valence electrons. The summed E-state index contributed by atoms with van der Waals surface area (Å²) in [5.41, 5.74) is 0.0683. The van der Waals surface area contributed by atoms with Crippen LogP contribution >= 0.6 is 0 Å². The van der Waals surface area contributed by atoms with E-state index in [1.54, 1.807) is 24.3 Å². The number of nitro groups is 1. The van der Waals surface area contributed by atoms with Crippen molar-refractivity contribution in [1.82, 2.24) is 0 Å². The number of nitrogens with zero attached hydrogens (tertiary/aromatic N) is 1. The van der Waals surface area contributed by atoms with Crippen LogP contribution < -0.4 is 5.32 Å². The van der Waals surface area contributed by atoms with Crippen LogP contribution in [0.4, 0.5) is 15.8 Å². The predicted molar refractivity (Wildman–Crippen MR) is 92.1 cm³/mol. The van der Waals surface area contributed by atoms with Gasteiger partial charge in [0.25, 0.3) is 5.91 Å². The van der Waals surface area contributed by atoms with E-state index in [0.717, 1.165) is 17.7 Å². The fourth-order valence-electron chi connectivity index (χ4n) is 2.39. The monoisotopic (exact) mass is 360 g/mol. The maximum atomic E-state index is 13.3. The van der Waals surface area contributed by atoms with Crippen LogP contribution in [0.3, 0.4) is 0 Å². The molecule has 0 aromatic heterocycles. The van der Waals surface area contributed by atoms with Gasteiger partial charge in [-0.3, -0.25) is 19.7 Å². The van der Waals surface area contributed by atoms with E-state index < -0.39 is 40.8 Å². The van der Waals surface area contributed by atoms with E-state index in [4.69, 9.17) is 4.74 Å². The number of rotatable bonds is 7. The summed E-state index contributed by atoms with van der Waals surface area (Å²) in [6.45, 7) is 1.28. The summed E-state index contributed by atoms with van der Waals surface area (Å²) in [5, 5.41) is 13.0. The van der Waals surface area contributed by atoms with Gasteiger partial charge in [0.05, 0.1) is 10.8 Å². The minimum absolute atomic E-state index is 0.0363. The van der Waals surface area contributed by atoms with Gasteiger partial charge in [-0.15, -0.1) is 0 Å².